The molecule has 0 aliphatic rings. The number of hydrogen-bond donors (Lipinski definition) is 1. The van der Waals surface area contributed by atoms with Gasteiger partial charge in [0, 0.05) is 0 Å². The molecule has 7 heteroatoms. The van der Waals surface area contributed by atoms with Crippen LogP contribution >= 0.6 is 41.7 Å². The molecular formula is CH5F2IS2Si2. The maximum Gasteiger partial charge on any atom is 0.421 e. The molecule has 0 aromatic heterocycles. The first kappa shape index (κ1) is 9.72. The second-order valence-corrected chi connectivity index (χ2v) is 20.8. The molecule has 1 atom stereocenters. The van der Waals surface area contributed by atoms with E-state index in [0.29, 0.717) is 0 Å². The summed E-state index contributed by atoms with van der Waals surface area (Å²) < 4.78 is 24.4. The van der Waals surface area contributed by atoms with Crippen LogP contribution in [-0.2, 0) is 0 Å². The third-order valence-corrected chi connectivity index (χ3v) is 27.0. The fraction of sp³-hybridized carbons (Fsp3) is 1.00. The highest BCUT2D eigenvalue weighted by Gasteiger charge is 2.38. The molecule has 8 heavy (non-hydrogen) atoms. The molecule has 0 N–H and O–H groups in total. The summed E-state index contributed by atoms with van der Waals surface area (Å²) in [7, 11) is -2.59. The Morgan fingerprint density at radius 1 is 1.75 bits per heavy atom. The summed E-state index contributed by atoms with van der Waals surface area (Å²) in [6.07, 6.45) is 0. The van der Waals surface area contributed by atoms with Gasteiger partial charge in [-0.1, -0.05) is 0 Å². The van der Waals surface area contributed by atoms with Crippen molar-refractivity contribution in [2.75, 3.05) is 0 Å². The van der Waals surface area contributed by atoms with Crippen LogP contribution in [0.4, 0.5) is 8.22 Å². The van der Waals surface area contributed by atoms with Crippen molar-refractivity contribution in [3.63, 3.8) is 0 Å². The first-order chi connectivity index (χ1) is 3.48. The van der Waals surface area contributed by atoms with Gasteiger partial charge in [-0.25, -0.2) is 0 Å². The SMILES string of the molecule is C[Si](F)(F)[SiH](S)SI. The van der Waals surface area contributed by atoms with Crippen LogP contribution in [0.5, 0.6) is 0 Å². The van der Waals surface area contributed by atoms with Crippen molar-refractivity contribution in [3.8, 4) is 0 Å². The van der Waals surface area contributed by atoms with Crippen LogP contribution in [0.3, 0.4) is 0 Å². The molecule has 0 aromatic rings. The Labute approximate surface area is 70.8 Å². The third-order valence-electron chi connectivity index (χ3n) is 0.518. The highest BCUT2D eigenvalue weighted by molar-refractivity contribution is 14.2. The van der Waals surface area contributed by atoms with Gasteiger partial charge in [0.1, 0.15) is 0 Å². The number of halogens is 3. The van der Waals surface area contributed by atoms with Gasteiger partial charge in [-0.3, -0.25) is 8.22 Å². The van der Waals surface area contributed by atoms with E-state index in [1.165, 1.54) is 8.38 Å². The normalized spacial score (nSPS) is 16.1. The maximum atomic E-state index is 12.2. The Morgan fingerprint density at radius 2 is 2.12 bits per heavy atom. The summed E-state index contributed by atoms with van der Waals surface area (Å²) in [6.45, 7) is -0.908. The van der Waals surface area contributed by atoms with Gasteiger partial charge in [0.2, 0.25) is 6.61 Å². The zero-order valence-corrected chi connectivity index (χ0v) is 10.1. The lowest BCUT2D eigenvalue weighted by Crippen LogP contribution is -2.32. The van der Waals surface area contributed by atoms with E-state index in [1.54, 1.807) is 0 Å². The molecule has 0 saturated heterocycles. The van der Waals surface area contributed by atoms with E-state index < -0.39 is 14.9 Å². The standard InChI is InChI=1S/CH5F2IS2Si2/c1-8(2,3)7(5)6-4/h5,7H,1H3. The number of rotatable bonds is 2. The highest BCUT2D eigenvalue weighted by Crippen LogP contribution is 2.27. The van der Waals surface area contributed by atoms with Gasteiger partial charge in [0.15, 0.2) is 0 Å². The van der Waals surface area contributed by atoms with E-state index in [9.17, 15) is 8.22 Å². The Kier molecular flexibility index (Phi) is 4.60. The quantitative estimate of drug-likeness (QED) is 0.353. The van der Waals surface area contributed by atoms with Gasteiger partial charge in [-0.15, -0.1) is 8.38 Å². The number of thiol groups is 1. The molecule has 0 aliphatic heterocycles. The Balaban J connectivity index is 3.62. The molecular weight excluding hydrogens is 297 g/mol. The predicted molar refractivity (Wildman–Crippen MR) is 51.6 cm³/mol. The lowest BCUT2D eigenvalue weighted by molar-refractivity contribution is 0.655. The lowest BCUT2D eigenvalue weighted by Gasteiger charge is -2.07. The minimum absolute atomic E-state index is 1.06. The molecule has 0 saturated carbocycles. The van der Waals surface area contributed by atoms with Crippen molar-refractivity contribution in [2.24, 2.45) is 0 Å². The topological polar surface area (TPSA) is 0 Å². The smallest absolute Gasteiger partial charge is 0.274 e. The molecule has 0 bridgehead atoms. The second-order valence-electron chi connectivity index (χ2n) is 1.40. The van der Waals surface area contributed by atoms with Gasteiger partial charge in [-0.2, -0.15) is 12.1 Å². The van der Waals surface area contributed by atoms with Crippen molar-refractivity contribution in [1.82, 2.24) is 0 Å². The van der Waals surface area contributed by atoms with Gasteiger partial charge in [0.05, 0.1) is 0 Å². The largest absolute Gasteiger partial charge is 0.421 e. The molecule has 0 radical (unpaired) electrons. The Bertz CT molecular complexity index is 74.9. The van der Waals surface area contributed by atoms with Gasteiger partial charge in [-0.05, 0) is 27.8 Å². The van der Waals surface area contributed by atoms with E-state index in [-0.39, 0.29) is 0 Å². The van der Waals surface area contributed by atoms with Crippen molar-refractivity contribution in [3.05, 3.63) is 0 Å². The molecule has 0 nitrogen and oxygen atoms in total. The molecule has 50 valence electrons. The Hall–Kier alpha value is 1.72. The molecule has 0 rings (SSSR count). The first-order valence-electron chi connectivity index (χ1n) is 1.81. The average molecular weight is 302 g/mol. The summed E-state index contributed by atoms with van der Waals surface area (Å²) in [5, 5.41) is 0. The lowest BCUT2D eigenvalue weighted by atomic mass is 11.9. The van der Waals surface area contributed by atoms with E-state index in [0.717, 1.165) is 6.55 Å². The van der Waals surface area contributed by atoms with E-state index in [2.05, 4.69) is 12.1 Å². The number of hydrogen-bond acceptors (Lipinski definition) is 2. The van der Waals surface area contributed by atoms with Crippen LogP contribution in [0, 0.1) is 0 Å². The molecule has 0 heterocycles. The van der Waals surface area contributed by atoms with Crippen LogP contribution in [0.25, 0.3) is 0 Å². The highest BCUT2D eigenvalue weighted by atomic mass is 127. The van der Waals surface area contributed by atoms with Crippen molar-refractivity contribution < 1.29 is 8.22 Å². The van der Waals surface area contributed by atoms with Crippen LogP contribution < -0.4 is 0 Å². The van der Waals surface area contributed by atoms with Gasteiger partial charge < -0.3 is 0 Å². The zero-order chi connectivity index (χ0) is 6.78. The molecule has 1 unspecified atom stereocenters. The predicted octanol–water partition coefficient (Wildman–Crippen LogP) is 2.31. The van der Waals surface area contributed by atoms with Crippen molar-refractivity contribution in [2.45, 2.75) is 6.55 Å². The average Bonchev–Trinajstić information content (AvgIpc) is 1.62. The zero-order valence-electron chi connectivity index (χ0n) is 4.07. The van der Waals surface area contributed by atoms with Crippen molar-refractivity contribution in [1.29, 1.82) is 0 Å². The molecule has 0 amide bonds. The monoisotopic (exact) mass is 302 g/mol. The van der Waals surface area contributed by atoms with E-state index in [1.807, 2.05) is 21.2 Å². The maximum absolute atomic E-state index is 12.2. The first-order valence-corrected chi connectivity index (χ1v) is 12.8. The van der Waals surface area contributed by atoms with E-state index in [4.69, 9.17) is 0 Å². The summed E-state index contributed by atoms with van der Waals surface area (Å²) in [5.41, 5.74) is 0. The molecule has 0 aromatic carbocycles. The summed E-state index contributed by atoms with van der Waals surface area (Å²) in [5.74, 6) is 0. The van der Waals surface area contributed by atoms with Gasteiger partial charge in [0.25, 0.3) is 0 Å². The van der Waals surface area contributed by atoms with Gasteiger partial charge >= 0.3 is 8.26 Å². The fourth-order valence-corrected chi connectivity index (χ4v) is 14.2. The Morgan fingerprint density at radius 3 is 2.12 bits per heavy atom. The van der Waals surface area contributed by atoms with Crippen molar-refractivity contribution >= 4 is 56.5 Å². The molecule has 0 spiro atoms. The second kappa shape index (κ2) is 3.79. The van der Waals surface area contributed by atoms with Crippen LogP contribution in [-0.4, -0.2) is 14.9 Å². The third kappa shape index (κ3) is 3.69. The summed E-state index contributed by atoms with van der Waals surface area (Å²) >= 11 is 5.71. The minimum Gasteiger partial charge on any atom is -0.274 e. The summed E-state index contributed by atoms with van der Waals surface area (Å²) in [6, 6.07) is 0. The van der Waals surface area contributed by atoms with E-state index >= 15 is 0 Å². The molecule has 0 aliphatic carbocycles. The van der Waals surface area contributed by atoms with Crippen LogP contribution in [0.2, 0.25) is 6.55 Å². The summed E-state index contributed by atoms with van der Waals surface area (Å²) in [4.78, 5) is 0. The van der Waals surface area contributed by atoms with Crippen LogP contribution in [0.15, 0.2) is 0 Å². The minimum atomic E-state index is -3.80. The molecule has 0 fully saturated rings. The van der Waals surface area contributed by atoms with Crippen LogP contribution in [0.1, 0.15) is 0 Å². The fourth-order valence-electron chi connectivity index (χ4n) is 0.0782.